The van der Waals surface area contributed by atoms with E-state index >= 15 is 0 Å². The molecular formula is C19H22N4OS2. The van der Waals surface area contributed by atoms with Gasteiger partial charge >= 0.3 is 0 Å². The summed E-state index contributed by atoms with van der Waals surface area (Å²) in [4.78, 5) is 17.0. The smallest absolute Gasteiger partial charge is 0.236 e. The maximum absolute atomic E-state index is 12.2. The highest BCUT2D eigenvalue weighted by Crippen LogP contribution is 2.27. The molecule has 0 unspecified atom stereocenters. The van der Waals surface area contributed by atoms with Gasteiger partial charge in [-0.25, -0.2) is 4.98 Å². The normalized spacial score (nSPS) is 11.1. The van der Waals surface area contributed by atoms with Gasteiger partial charge in [0.25, 0.3) is 0 Å². The van der Waals surface area contributed by atoms with Crippen LogP contribution in [0, 0.1) is 13.8 Å². The lowest BCUT2D eigenvalue weighted by Gasteiger charge is -2.10. The summed E-state index contributed by atoms with van der Waals surface area (Å²) in [6.45, 7) is 8.34. The molecule has 3 rings (SSSR count). The summed E-state index contributed by atoms with van der Waals surface area (Å²) in [6.07, 6.45) is 1.71. The number of hydrogen-bond donors (Lipinski definition) is 1. The highest BCUT2D eigenvalue weighted by Gasteiger charge is 2.12. The number of anilines is 1. The van der Waals surface area contributed by atoms with Crippen molar-refractivity contribution in [2.24, 2.45) is 0 Å². The minimum Gasteiger partial charge on any atom is -0.300 e. The van der Waals surface area contributed by atoms with Crippen molar-refractivity contribution in [2.45, 2.75) is 45.6 Å². The Hall–Kier alpha value is -1.99. The molecule has 7 heteroatoms. The van der Waals surface area contributed by atoms with Gasteiger partial charge in [0.05, 0.1) is 11.3 Å². The predicted molar refractivity (Wildman–Crippen MR) is 109 cm³/mol. The van der Waals surface area contributed by atoms with E-state index in [9.17, 15) is 4.79 Å². The van der Waals surface area contributed by atoms with E-state index in [0.717, 1.165) is 33.8 Å². The van der Waals surface area contributed by atoms with Crippen LogP contribution in [-0.4, -0.2) is 26.8 Å². The number of carbonyl (C=O) groups excluding carboxylic acids is 1. The topological polar surface area (TPSA) is 67.8 Å². The molecule has 2 aromatic heterocycles. The van der Waals surface area contributed by atoms with Crippen molar-refractivity contribution in [2.75, 3.05) is 11.1 Å². The Morgan fingerprint density at radius 2 is 1.88 bits per heavy atom. The molecule has 26 heavy (non-hydrogen) atoms. The number of aromatic nitrogens is 3. The number of rotatable bonds is 6. The molecule has 2 heterocycles. The van der Waals surface area contributed by atoms with Gasteiger partial charge in [0.2, 0.25) is 11.0 Å². The number of thioether (sulfide) groups is 1. The number of aryl methyl sites for hydroxylation is 4. The Balaban J connectivity index is 1.74. The standard InChI is InChI=1S/C19H22N4OS2/c1-5-13-9-14-7-11(3)12(4)8-15(14)20-18(13)25-10-16(24)21-19-23-22-17(6-2)26-19/h7-9H,5-6,10H2,1-4H3,(H,21,23,24). The van der Waals surface area contributed by atoms with Crippen LogP contribution >= 0.6 is 23.1 Å². The van der Waals surface area contributed by atoms with Crippen molar-refractivity contribution in [1.29, 1.82) is 0 Å². The van der Waals surface area contributed by atoms with E-state index in [4.69, 9.17) is 4.98 Å². The van der Waals surface area contributed by atoms with E-state index in [1.807, 2.05) is 6.92 Å². The molecule has 1 N–H and O–H groups in total. The number of fused-ring (bicyclic) bond motifs is 1. The SMILES string of the molecule is CCc1nnc(NC(=O)CSc2nc3cc(C)c(C)cc3cc2CC)s1. The van der Waals surface area contributed by atoms with Crippen LogP contribution in [0.15, 0.2) is 23.2 Å². The third kappa shape index (κ3) is 4.22. The molecule has 136 valence electrons. The van der Waals surface area contributed by atoms with Crippen LogP contribution in [0.1, 0.15) is 35.5 Å². The van der Waals surface area contributed by atoms with Crippen LogP contribution in [0.2, 0.25) is 0 Å². The van der Waals surface area contributed by atoms with Gasteiger partial charge in [-0.3, -0.25) is 10.1 Å². The zero-order valence-corrected chi connectivity index (χ0v) is 17.1. The van der Waals surface area contributed by atoms with Crippen molar-refractivity contribution in [3.8, 4) is 0 Å². The van der Waals surface area contributed by atoms with E-state index < -0.39 is 0 Å². The van der Waals surface area contributed by atoms with Crippen molar-refractivity contribution in [3.63, 3.8) is 0 Å². The third-order valence-corrected chi connectivity index (χ3v) is 6.22. The fourth-order valence-electron chi connectivity index (χ4n) is 2.58. The molecule has 0 atom stereocenters. The Labute approximate surface area is 161 Å². The summed E-state index contributed by atoms with van der Waals surface area (Å²) in [5.41, 5.74) is 4.64. The largest absolute Gasteiger partial charge is 0.300 e. The number of amides is 1. The number of nitrogens with one attached hydrogen (secondary N) is 1. The van der Waals surface area contributed by atoms with Crippen LogP contribution in [0.5, 0.6) is 0 Å². The minimum absolute atomic E-state index is 0.0853. The molecule has 0 bridgehead atoms. The Kier molecular flexibility index (Phi) is 5.88. The second kappa shape index (κ2) is 8.14. The first-order valence-electron chi connectivity index (χ1n) is 8.66. The van der Waals surface area contributed by atoms with Gasteiger partial charge in [0, 0.05) is 5.39 Å². The molecule has 0 spiro atoms. The molecule has 0 aliphatic heterocycles. The monoisotopic (exact) mass is 386 g/mol. The fraction of sp³-hybridized carbons (Fsp3) is 0.368. The molecule has 0 fully saturated rings. The van der Waals surface area contributed by atoms with Crippen molar-refractivity contribution >= 4 is 45.0 Å². The number of hydrogen-bond acceptors (Lipinski definition) is 6. The quantitative estimate of drug-likeness (QED) is 0.629. The van der Waals surface area contributed by atoms with Gasteiger partial charge in [0.15, 0.2) is 0 Å². The van der Waals surface area contributed by atoms with Crippen molar-refractivity contribution in [1.82, 2.24) is 15.2 Å². The number of benzene rings is 1. The van der Waals surface area contributed by atoms with E-state index in [0.29, 0.717) is 10.9 Å². The van der Waals surface area contributed by atoms with Gasteiger partial charge in [-0.05, 0) is 61.6 Å². The van der Waals surface area contributed by atoms with E-state index in [-0.39, 0.29) is 5.91 Å². The summed E-state index contributed by atoms with van der Waals surface area (Å²) >= 11 is 2.89. The van der Waals surface area contributed by atoms with Gasteiger partial charge < -0.3 is 0 Å². The zero-order valence-electron chi connectivity index (χ0n) is 15.4. The molecule has 0 aliphatic carbocycles. The van der Waals surface area contributed by atoms with E-state index in [1.54, 1.807) is 0 Å². The third-order valence-electron chi connectivity index (χ3n) is 4.21. The highest BCUT2D eigenvalue weighted by molar-refractivity contribution is 8.00. The van der Waals surface area contributed by atoms with Crippen LogP contribution < -0.4 is 5.32 Å². The lowest BCUT2D eigenvalue weighted by molar-refractivity contribution is -0.113. The van der Waals surface area contributed by atoms with Crippen LogP contribution in [0.25, 0.3) is 10.9 Å². The molecule has 3 aromatic rings. The van der Waals surface area contributed by atoms with E-state index in [1.165, 1.54) is 39.8 Å². The average Bonchev–Trinajstić information content (AvgIpc) is 3.08. The number of pyridine rings is 1. The van der Waals surface area contributed by atoms with Crippen LogP contribution in [0.4, 0.5) is 5.13 Å². The second-order valence-corrected chi connectivity index (χ2v) is 8.15. The Morgan fingerprint density at radius 3 is 2.58 bits per heavy atom. The molecule has 1 amide bonds. The Bertz CT molecular complexity index is 952. The summed E-state index contributed by atoms with van der Waals surface area (Å²) in [5.74, 6) is 0.218. The van der Waals surface area contributed by atoms with Gasteiger partial charge in [-0.1, -0.05) is 36.9 Å². The maximum atomic E-state index is 12.2. The predicted octanol–water partition coefficient (Wildman–Crippen LogP) is 4.56. The van der Waals surface area contributed by atoms with Gasteiger partial charge in [-0.15, -0.1) is 10.2 Å². The minimum atomic E-state index is -0.0853. The molecule has 0 aliphatic rings. The summed E-state index contributed by atoms with van der Waals surface area (Å²) in [7, 11) is 0. The fourth-order valence-corrected chi connectivity index (χ4v) is 4.17. The summed E-state index contributed by atoms with van der Waals surface area (Å²) in [5, 5.41) is 14.4. The first-order valence-corrected chi connectivity index (χ1v) is 10.5. The van der Waals surface area contributed by atoms with Gasteiger partial charge in [0.1, 0.15) is 10.0 Å². The average molecular weight is 387 g/mol. The lowest BCUT2D eigenvalue weighted by atomic mass is 10.0. The second-order valence-electron chi connectivity index (χ2n) is 6.13. The van der Waals surface area contributed by atoms with Crippen molar-refractivity contribution in [3.05, 3.63) is 39.9 Å². The van der Waals surface area contributed by atoms with Crippen LogP contribution in [0.3, 0.4) is 0 Å². The number of nitrogens with zero attached hydrogens (tertiary/aromatic N) is 3. The van der Waals surface area contributed by atoms with E-state index in [2.05, 4.69) is 54.5 Å². The molecule has 0 saturated heterocycles. The Morgan fingerprint density at radius 1 is 1.12 bits per heavy atom. The molecule has 0 radical (unpaired) electrons. The van der Waals surface area contributed by atoms with Gasteiger partial charge in [-0.2, -0.15) is 0 Å². The lowest BCUT2D eigenvalue weighted by Crippen LogP contribution is -2.14. The molecule has 1 aromatic carbocycles. The van der Waals surface area contributed by atoms with Crippen molar-refractivity contribution < 1.29 is 4.79 Å². The molecule has 0 saturated carbocycles. The van der Waals surface area contributed by atoms with Crippen LogP contribution in [-0.2, 0) is 17.6 Å². The first-order chi connectivity index (χ1) is 12.5. The zero-order chi connectivity index (χ0) is 18.7. The maximum Gasteiger partial charge on any atom is 0.236 e. The highest BCUT2D eigenvalue weighted by atomic mass is 32.2. The summed E-state index contributed by atoms with van der Waals surface area (Å²) < 4.78 is 0. The summed E-state index contributed by atoms with van der Waals surface area (Å²) in [6, 6.07) is 6.48. The molecule has 5 nitrogen and oxygen atoms in total. The number of carbonyl (C=O) groups is 1. The molecular weight excluding hydrogens is 364 g/mol. The first kappa shape index (κ1) is 18.8.